The van der Waals surface area contributed by atoms with Crippen molar-refractivity contribution in [2.24, 2.45) is 0 Å². The number of nitrogens with zero attached hydrogens (tertiary/aromatic N) is 2. The molecule has 5 nitrogen and oxygen atoms in total. The Morgan fingerprint density at radius 3 is 2.82 bits per heavy atom. The second kappa shape index (κ2) is 6.86. The van der Waals surface area contributed by atoms with Crippen molar-refractivity contribution in [2.75, 3.05) is 46.4 Å². The lowest BCUT2D eigenvalue weighted by Gasteiger charge is -2.32. The van der Waals surface area contributed by atoms with Gasteiger partial charge in [0.1, 0.15) is 5.75 Å². The second-order valence-electron chi connectivity index (χ2n) is 5.83. The predicted octanol–water partition coefficient (Wildman–Crippen LogP) is 1.47. The van der Waals surface area contributed by atoms with Gasteiger partial charge in [0, 0.05) is 50.9 Å². The molecule has 1 N–H and O–H groups in total. The van der Waals surface area contributed by atoms with Gasteiger partial charge in [0.2, 0.25) is 0 Å². The van der Waals surface area contributed by atoms with Crippen molar-refractivity contribution in [1.29, 1.82) is 0 Å². The van der Waals surface area contributed by atoms with Gasteiger partial charge in [-0.2, -0.15) is 0 Å². The van der Waals surface area contributed by atoms with Crippen LogP contribution in [0.2, 0.25) is 5.02 Å². The van der Waals surface area contributed by atoms with E-state index in [-0.39, 0.29) is 5.91 Å². The van der Waals surface area contributed by atoms with Crippen LogP contribution in [0.25, 0.3) is 0 Å². The van der Waals surface area contributed by atoms with Crippen LogP contribution in [0.3, 0.4) is 0 Å². The number of benzene rings is 1. The fraction of sp³-hybridized carbons (Fsp3) is 0.562. The molecule has 1 atom stereocenters. The molecule has 1 unspecified atom stereocenters. The van der Waals surface area contributed by atoms with E-state index in [1.54, 1.807) is 25.3 Å². The molecule has 120 valence electrons. The molecule has 0 spiro atoms. The number of methoxy groups -OCH3 is 1. The minimum atomic E-state index is 0.0626. The number of hydrogen-bond donors (Lipinski definition) is 1. The average Bonchev–Trinajstić information content (AvgIpc) is 3.05. The molecule has 2 aliphatic heterocycles. The molecule has 6 heteroatoms. The first-order chi connectivity index (χ1) is 10.7. The van der Waals surface area contributed by atoms with E-state index in [1.807, 2.05) is 4.90 Å². The summed E-state index contributed by atoms with van der Waals surface area (Å²) in [6, 6.07) is 5.70. The van der Waals surface area contributed by atoms with Gasteiger partial charge >= 0.3 is 0 Å². The molecule has 1 aromatic carbocycles. The van der Waals surface area contributed by atoms with Crippen molar-refractivity contribution in [3.8, 4) is 5.75 Å². The van der Waals surface area contributed by atoms with Crippen molar-refractivity contribution in [3.05, 3.63) is 28.8 Å². The largest absolute Gasteiger partial charge is 0.495 e. The van der Waals surface area contributed by atoms with E-state index in [4.69, 9.17) is 16.3 Å². The molecule has 22 heavy (non-hydrogen) atoms. The zero-order chi connectivity index (χ0) is 15.5. The summed E-state index contributed by atoms with van der Waals surface area (Å²) in [5, 5.41) is 3.89. The number of likely N-dealkylation sites (tertiary alicyclic amines) is 1. The van der Waals surface area contributed by atoms with Gasteiger partial charge in [-0.05, 0) is 24.6 Å². The minimum absolute atomic E-state index is 0.0626. The Bertz CT molecular complexity index is 546. The summed E-state index contributed by atoms with van der Waals surface area (Å²) in [7, 11) is 1.56. The molecule has 1 aromatic rings. The lowest BCUT2D eigenvalue weighted by atomic mass is 10.2. The van der Waals surface area contributed by atoms with Crippen LogP contribution >= 0.6 is 11.6 Å². The molecular formula is C16H22ClN3O2. The summed E-state index contributed by atoms with van der Waals surface area (Å²) in [4.78, 5) is 17.1. The van der Waals surface area contributed by atoms with Crippen LogP contribution < -0.4 is 10.1 Å². The van der Waals surface area contributed by atoms with Gasteiger partial charge in [-0.15, -0.1) is 0 Å². The number of hydrogen-bond acceptors (Lipinski definition) is 4. The number of halogens is 1. The third-order valence-corrected chi connectivity index (χ3v) is 4.83. The number of carbonyl (C=O) groups is 1. The normalized spacial score (nSPS) is 22.8. The van der Waals surface area contributed by atoms with E-state index in [0.717, 1.165) is 45.7 Å². The van der Waals surface area contributed by atoms with E-state index in [0.29, 0.717) is 22.4 Å². The first-order valence-electron chi connectivity index (χ1n) is 7.76. The van der Waals surface area contributed by atoms with Gasteiger partial charge in [0.25, 0.3) is 5.91 Å². The summed E-state index contributed by atoms with van der Waals surface area (Å²) < 4.78 is 5.20. The van der Waals surface area contributed by atoms with E-state index in [9.17, 15) is 4.79 Å². The maximum absolute atomic E-state index is 12.7. The molecule has 2 aliphatic rings. The Morgan fingerprint density at radius 2 is 2.09 bits per heavy atom. The minimum Gasteiger partial charge on any atom is -0.495 e. The topological polar surface area (TPSA) is 44.8 Å². The van der Waals surface area contributed by atoms with Crippen LogP contribution in [0.1, 0.15) is 16.8 Å². The summed E-state index contributed by atoms with van der Waals surface area (Å²) in [6.07, 6.45) is 1.05. The lowest BCUT2D eigenvalue weighted by molar-refractivity contribution is 0.0773. The maximum Gasteiger partial charge on any atom is 0.254 e. The highest BCUT2D eigenvalue weighted by molar-refractivity contribution is 6.32. The van der Waals surface area contributed by atoms with Crippen molar-refractivity contribution in [1.82, 2.24) is 15.1 Å². The molecule has 0 radical (unpaired) electrons. The Morgan fingerprint density at radius 1 is 1.32 bits per heavy atom. The van der Waals surface area contributed by atoms with Gasteiger partial charge in [-0.1, -0.05) is 11.6 Å². The zero-order valence-electron chi connectivity index (χ0n) is 12.8. The number of carbonyl (C=O) groups excluding carboxylic acids is 1. The Labute approximate surface area is 136 Å². The SMILES string of the molecule is COc1cc(C(=O)N2CCC(N3CCNCC3)C2)ccc1Cl. The molecular weight excluding hydrogens is 302 g/mol. The highest BCUT2D eigenvalue weighted by Gasteiger charge is 2.31. The van der Waals surface area contributed by atoms with Crippen LogP contribution in [0.5, 0.6) is 5.75 Å². The van der Waals surface area contributed by atoms with Crippen molar-refractivity contribution in [2.45, 2.75) is 12.5 Å². The molecule has 1 amide bonds. The van der Waals surface area contributed by atoms with E-state index in [1.165, 1.54) is 0 Å². The molecule has 0 bridgehead atoms. The number of amides is 1. The van der Waals surface area contributed by atoms with Gasteiger partial charge in [0.15, 0.2) is 0 Å². The lowest BCUT2D eigenvalue weighted by Crippen LogP contribution is -2.49. The number of rotatable bonds is 3. The second-order valence-corrected chi connectivity index (χ2v) is 6.24. The molecule has 2 heterocycles. The predicted molar refractivity (Wildman–Crippen MR) is 86.8 cm³/mol. The fourth-order valence-corrected chi connectivity index (χ4v) is 3.44. The van der Waals surface area contributed by atoms with E-state index < -0.39 is 0 Å². The van der Waals surface area contributed by atoms with Crippen molar-refractivity contribution < 1.29 is 9.53 Å². The van der Waals surface area contributed by atoms with E-state index >= 15 is 0 Å². The van der Waals surface area contributed by atoms with Crippen LogP contribution in [0.4, 0.5) is 0 Å². The quantitative estimate of drug-likeness (QED) is 0.915. The fourth-order valence-electron chi connectivity index (χ4n) is 3.25. The van der Waals surface area contributed by atoms with E-state index in [2.05, 4.69) is 10.2 Å². The highest BCUT2D eigenvalue weighted by atomic mass is 35.5. The van der Waals surface area contributed by atoms with Crippen LogP contribution in [0.15, 0.2) is 18.2 Å². The number of nitrogens with one attached hydrogen (secondary N) is 1. The number of ether oxygens (including phenoxy) is 1. The first-order valence-corrected chi connectivity index (χ1v) is 8.14. The first kappa shape index (κ1) is 15.6. The molecule has 0 saturated carbocycles. The Balaban J connectivity index is 1.66. The summed E-state index contributed by atoms with van der Waals surface area (Å²) >= 11 is 6.02. The van der Waals surface area contributed by atoms with Crippen LogP contribution in [0, 0.1) is 0 Å². The average molecular weight is 324 g/mol. The monoisotopic (exact) mass is 323 g/mol. The summed E-state index contributed by atoms with van der Waals surface area (Å²) in [5.74, 6) is 0.609. The zero-order valence-corrected chi connectivity index (χ0v) is 13.6. The van der Waals surface area contributed by atoms with Gasteiger partial charge < -0.3 is 15.0 Å². The molecule has 0 aliphatic carbocycles. The molecule has 0 aromatic heterocycles. The standard InChI is InChI=1S/C16H22ClN3O2/c1-22-15-10-12(2-3-14(15)17)16(21)20-7-4-13(11-20)19-8-5-18-6-9-19/h2-3,10,13,18H,4-9,11H2,1H3. The van der Waals surface area contributed by atoms with Gasteiger partial charge in [0.05, 0.1) is 12.1 Å². The highest BCUT2D eigenvalue weighted by Crippen LogP contribution is 2.26. The Kier molecular flexibility index (Phi) is 4.86. The van der Waals surface area contributed by atoms with Crippen molar-refractivity contribution >= 4 is 17.5 Å². The molecule has 2 fully saturated rings. The number of piperazine rings is 1. The van der Waals surface area contributed by atoms with Gasteiger partial charge in [-0.25, -0.2) is 0 Å². The Hall–Kier alpha value is -1.30. The molecule has 2 saturated heterocycles. The maximum atomic E-state index is 12.7. The third kappa shape index (κ3) is 3.21. The summed E-state index contributed by atoms with van der Waals surface area (Å²) in [5.41, 5.74) is 0.641. The van der Waals surface area contributed by atoms with Crippen LogP contribution in [-0.4, -0.2) is 68.1 Å². The van der Waals surface area contributed by atoms with Crippen molar-refractivity contribution in [3.63, 3.8) is 0 Å². The smallest absolute Gasteiger partial charge is 0.254 e. The third-order valence-electron chi connectivity index (χ3n) is 4.52. The summed E-state index contributed by atoms with van der Waals surface area (Å²) in [6.45, 7) is 5.85. The van der Waals surface area contributed by atoms with Gasteiger partial charge in [-0.3, -0.25) is 9.69 Å². The molecule has 3 rings (SSSR count). The van der Waals surface area contributed by atoms with Crippen LogP contribution in [-0.2, 0) is 0 Å².